The van der Waals surface area contributed by atoms with E-state index in [0.717, 1.165) is 6.42 Å². The Bertz CT molecular complexity index is 493. The summed E-state index contributed by atoms with van der Waals surface area (Å²) in [6.45, 7) is 2.66. The molecule has 0 aromatic carbocycles. The van der Waals surface area contributed by atoms with Gasteiger partial charge in [-0.3, -0.25) is 0 Å². The van der Waals surface area contributed by atoms with Gasteiger partial charge < -0.3 is 10.3 Å². The second-order valence-electron chi connectivity index (χ2n) is 4.86. The highest BCUT2D eigenvalue weighted by Gasteiger charge is 2.32. The molecule has 2 unspecified atom stereocenters. The maximum atomic E-state index is 11.4. The fourth-order valence-electron chi connectivity index (χ4n) is 2.16. The zero-order chi connectivity index (χ0) is 13.2. The van der Waals surface area contributed by atoms with Crippen molar-refractivity contribution in [1.82, 2.24) is 10.1 Å². The van der Waals surface area contributed by atoms with Crippen LogP contribution < -0.4 is 5.73 Å². The summed E-state index contributed by atoms with van der Waals surface area (Å²) in [4.78, 5) is 4.30. The predicted molar refractivity (Wildman–Crippen MR) is 66.8 cm³/mol. The summed E-state index contributed by atoms with van der Waals surface area (Å²) in [5.41, 5.74) is 5.63. The average Bonchev–Trinajstić information content (AvgIpc) is 2.92. The van der Waals surface area contributed by atoms with Gasteiger partial charge >= 0.3 is 0 Å². The van der Waals surface area contributed by atoms with Gasteiger partial charge in [-0.05, 0) is 18.9 Å². The van der Waals surface area contributed by atoms with Crippen molar-refractivity contribution in [2.24, 2.45) is 11.7 Å². The summed E-state index contributed by atoms with van der Waals surface area (Å²) in [5, 5.41) is 3.89. The van der Waals surface area contributed by atoms with E-state index in [0.29, 0.717) is 37.0 Å². The third-order valence-corrected chi connectivity index (χ3v) is 5.22. The highest BCUT2D eigenvalue weighted by Crippen LogP contribution is 2.27. The molecule has 2 heterocycles. The highest BCUT2D eigenvalue weighted by atomic mass is 32.2. The molecule has 1 aromatic heterocycles. The fourth-order valence-corrected chi connectivity index (χ4v) is 3.90. The van der Waals surface area contributed by atoms with Crippen molar-refractivity contribution < 1.29 is 12.9 Å². The SMILES string of the molecule is CCC(CN)Cc1nc(C2CCS(=O)(=O)C2)no1. The van der Waals surface area contributed by atoms with Crippen LogP contribution in [-0.4, -0.2) is 36.6 Å². The van der Waals surface area contributed by atoms with Gasteiger partial charge in [-0.15, -0.1) is 0 Å². The van der Waals surface area contributed by atoms with Crippen molar-refractivity contribution in [3.63, 3.8) is 0 Å². The Morgan fingerprint density at radius 3 is 2.89 bits per heavy atom. The van der Waals surface area contributed by atoms with Crippen LogP contribution in [0.25, 0.3) is 0 Å². The standard InChI is InChI=1S/C11H19N3O3S/c1-2-8(6-12)5-10-13-11(14-17-10)9-3-4-18(15,16)7-9/h8-9H,2-7,12H2,1H3. The summed E-state index contributed by atoms with van der Waals surface area (Å²) < 4.78 is 27.9. The van der Waals surface area contributed by atoms with Gasteiger partial charge in [0, 0.05) is 12.3 Å². The van der Waals surface area contributed by atoms with Gasteiger partial charge in [-0.25, -0.2) is 8.42 Å². The maximum absolute atomic E-state index is 11.4. The number of sulfone groups is 1. The Morgan fingerprint density at radius 2 is 2.33 bits per heavy atom. The molecular weight excluding hydrogens is 254 g/mol. The number of rotatable bonds is 5. The Labute approximate surface area is 107 Å². The molecule has 0 spiro atoms. The first-order chi connectivity index (χ1) is 8.54. The van der Waals surface area contributed by atoms with Gasteiger partial charge in [-0.1, -0.05) is 18.5 Å². The first-order valence-corrected chi connectivity index (χ1v) is 8.09. The lowest BCUT2D eigenvalue weighted by Crippen LogP contribution is -2.16. The largest absolute Gasteiger partial charge is 0.339 e. The second-order valence-corrected chi connectivity index (χ2v) is 7.09. The number of hydrogen-bond donors (Lipinski definition) is 1. The molecule has 1 saturated heterocycles. The number of nitrogens with zero attached hydrogens (tertiary/aromatic N) is 2. The smallest absolute Gasteiger partial charge is 0.226 e. The Balaban J connectivity index is 2.02. The van der Waals surface area contributed by atoms with Crippen LogP contribution in [0.2, 0.25) is 0 Å². The van der Waals surface area contributed by atoms with Crippen molar-refractivity contribution in [2.45, 2.75) is 32.1 Å². The summed E-state index contributed by atoms with van der Waals surface area (Å²) in [6, 6.07) is 0. The zero-order valence-corrected chi connectivity index (χ0v) is 11.3. The van der Waals surface area contributed by atoms with E-state index in [4.69, 9.17) is 10.3 Å². The number of aromatic nitrogens is 2. The zero-order valence-electron chi connectivity index (χ0n) is 10.5. The number of hydrogen-bond acceptors (Lipinski definition) is 6. The molecule has 102 valence electrons. The van der Waals surface area contributed by atoms with Crippen molar-refractivity contribution in [3.05, 3.63) is 11.7 Å². The van der Waals surface area contributed by atoms with E-state index in [9.17, 15) is 8.42 Å². The van der Waals surface area contributed by atoms with Gasteiger partial charge in [0.25, 0.3) is 0 Å². The lowest BCUT2D eigenvalue weighted by atomic mass is 10.0. The Kier molecular flexibility index (Phi) is 4.01. The molecule has 2 rings (SSSR count). The van der Waals surface area contributed by atoms with Crippen molar-refractivity contribution in [1.29, 1.82) is 0 Å². The summed E-state index contributed by atoms with van der Waals surface area (Å²) >= 11 is 0. The molecule has 1 aromatic rings. The summed E-state index contributed by atoms with van der Waals surface area (Å²) in [5.74, 6) is 1.68. The van der Waals surface area contributed by atoms with Crippen LogP contribution in [0.5, 0.6) is 0 Å². The van der Waals surface area contributed by atoms with E-state index in [1.165, 1.54) is 0 Å². The normalized spacial score (nSPS) is 24.2. The van der Waals surface area contributed by atoms with Gasteiger partial charge in [0.15, 0.2) is 15.7 Å². The van der Waals surface area contributed by atoms with Crippen LogP contribution >= 0.6 is 0 Å². The van der Waals surface area contributed by atoms with Crippen molar-refractivity contribution >= 4 is 9.84 Å². The molecule has 1 fully saturated rings. The first kappa shape index (κ1) is 13.5. The Morgan fingerprint density at radius 1 is 1.56 bits per heavy atom. The van der Waals surface area contributed by atoms with E-state index >= 15 is 0 Å². The molecule has 2 N–H and O–H groups in total. The molecule has 2 atom stereocenters. The quantitative estimate of drug-likeness (QED) is 0.838. The lowest BCUT2D eigenvalue weighted by Gasteiger charge is -2.07. The molecule has 0 amide bonds. The minimum Gasteiger partial charge on any atom is -0.339 e. The van der Waals surface area contributed by atoms with E-state index in [1.54, 1.807) is 0 Å². The van der Waals surface area contributed by atoms with Gasteiger partial charge in [-0.2, -0.15) is 4.98 Å². The molecule has 7 heteroatoms. The molecule has 6 nitrogen and oxygen atoms in total. The van der Waals surface area contributed by atoms with Crippen LogP contribution in [0.4, 0.5) is 0 Å². The van der Waals surface area contributed by atoms with E-state index in [1.807, 2.05) is 0 Å². The lowest BCUT2D eigenvalue weighted by molar-refractivity contribution is 0.345. The minimum absolute atomic E-state index is 0.106. The summed E-state index contributed by atoms with van der Waals surface area (Å²) in [7, 11) is -2.91. The molecule has 0 radical (unpaired) electrons. The molecule has 18 heavy (non-hydrogen) atoms. The predicted octanol–water partition coefficient (Wildman–Crippen LogP) is 0.499. The van der Waals surface area contributed by atoms with E-state index in [2.05, 4.69) is 17.1 Å². The van der Waals surface area contributed by atoms with E-state index in [-0.39, 0.29) is 17.4 Å². The summed E-state index contributed by atoms with van der Waals surface area (Å²) in [6.07, 6.45) is 2.22. The van der Waals surface area contributed by atoms with Crippen molar-refractivity contribution in [2.75, 3.05) is 18.1 Å². The average molecular weight is 273 g/mol. The van der Waals surface area contributed by atoms with Gasteiger partial charge in [0.05, 0.1) is 11.5 Å². The molecule has 0 saturated carbocycles. The number of nitrogens with two attached hydrogens (primary N) is 1. The van der Waals surface area contributed by atoms with Gasteiger partial charge in [0.1, 0.15) is 0 Å². The minimum atomic E-state index is -2.91. The second kappa shape index (κ2) is 5.36. The Hall–Kier alpha value is -0.950. The van der Waals surface area contributed by atoms with Crippen LogP contribution in [0.15, 0.2) is 4.52 Å². The van der Waals surface area contributed by atoms with Crippen LogP contribution in [-0.2, 0) is 16.3 Å². The van der Waals surface area contributed by atoms with Crippen LogP contribution in [0.1, 0.15) is 37.4 Å². The molecule has 1 aliphatic rings. The van der Waals surface area contributed by atoms with Gasteiger partial charge in [0.2, 0.25) is 5.89 Å². The monoisotopic (exact) mass is 273 g/mol. The highest BCUT2D eigenvalue weighted by molar-refractivity contribution is 7.91. The van der Waals surface area contributed by atoms with Crippen LogP contribution in [0, 0.1) is 5.92 Å². The molecule has 0 bridgehead atoms. The first-order valence-electron chi connectivity index (χ1n) is 6.27. The van der Waals surface area contributed by atoms with Crippen LogP contribution in [0.3, 0.4) is 0 Å². The topological polar surface area (TPSA) is 99.1 Å². The molecule has 0 aliphatic carbocycles. The molecule has 1 aliphatic heterocycles. The third kappa shape index (κ3) is 3.08. The third-order valence-electron chi connectivity index (χ3n) is 3.46. The maximum Gasteiger partial charge on any atom is 0.226 e. The fraction of sp³-hybridized carbons (Fsp3) is 0.818. The molecular formula is C11H19N3O3S. The van der Waals surface area contributed by atoms with Crippen molar-refractivity contribution in [3.8, 4) is 0 Å². The van der Waals surface area contributed by atoms with E-state index < -0.39 is 9.84 Å².